The summed E-state index contributed by atoms with van der Waals surface area (Å²) in [6.07, 6.45) is 36.6. The molecule has 0 aliphatic carbocycles. The maximum absolute atomic E-state index is 12.1. The van der Waals surface area contributed by atoms with Crippen LogP contribution >= 0.6 is 12.2 Å². The van der Waals surface area contributed by atoms with Crippen LogP contribution < -0.4 is 0 Å². The fourth-order valence-electron chi connectivity index (χ4n) is 7.88. The van der Waals surface area contributed by atoms with E-state index in [9.17, 15) is 9.59 Å². The van der Waals surface area contributed by atoms with Gasteiger partial charge in [0.25, 0.3) is 0 Å². The lowest BCUT2D eigenvalue weighted by Crippen LogP contribution is -2.34. The van der Waals surface area contributed by atoms with Crippen LogP contribution in [0.1, 0.15) is 208 Å². The Morgan fingerprint density at radius 2 is 1.02 bits per heavy atom. The molecule has 0 unspecified atom stereocenters. The van der Waals surface area contributed by atoms with Gasteiger partial charge in [-0.25, -0.2) is 0 Å². The van der Waals surface area contributed by atoms with E-state index in [1.165, 1.54) is 77.0 Å². The highest BCUT2D eigenvalue weighted by Gasteiger charge is 2.30. The summed E-state index contributed by atoms with van der Waals surface area (Å²) in [7, 11) is 4.28. The maximum atomic E-state index is 12.1. The number of hydrogen-bond acceptors (Lipinski definition) is 7. The molecule has 0 saturated heterocycles. The van der Waals surface area contributed by atoms with Gasteiger partial charge in [0.15, 0.2) is 5.05 Å². The number of hydrogen-bond donors (Lipinski definition) is 0. The zero-order valence-electron chi connectivity index (χ0n) is 37.5. The summed E-state index contributed by atoms with van der Waals surface area (Å²) in [5.74, 6) is 0.337. The van der Waals surface area contributed by atoms with Crippen LogP contribution in [-0.4, -0.2) is 62.3 Å². The van der Waals surface area contributed by atoms with E-state index < -0.39 is 0 Å². The molecule has 0 heterocycles. The number of ether oxygens (including phenoxy) is 3. The van der Waals surface area contributed by atoms with Gasteiger partial charge in [0.2, 0.25) is 0 Å². The predicted octanol–water partition coefficient (Wildman–Crippen LogP) is 13.9. The van der Waals surface area contributed by atoms with Gasteiger partial charge in [-0.1, -0.05) is 156 Å². The van der Waals surface area contributed by atoms with E-state index >= 15 is 0 Å². The summed E-state index contributed by atoms with van der Waals surface area (Å²) in [6, 6.07) is 0. The fourth-order valence-corrected chi connectivity index (χ4v) is 8.33. The summed E-state index contributed by atoms with van der Waals surface area (Å²) >= 11 is 5.81. The Bertz CT molecular complexity index is 952. The minimum atomic E-state index is -0.0792. The molecular weight excluding hydrogens is 703 g/mol. The Hall–Kier alpha value is -1.73. The van der Waals surface area contributed by atoms with Crippen LogP contribution in [0.4, 0.5) is 0 Å². The highest BCUT2D eigenvalue weighted by atomic mass is 32.1. The zero-order chi connectivity index (χ0) is 41.0. The van der Waals surface area contributed by atoms with E-state index in [4.69, 9.17) is 26.4 Å². The van der Waals surface area contributed by atoms with Crippen molar-refractivity contribution in [3.63, 3.8) is 0 Å². The van der Waals surface area contributed by atoms with E-state index in [1.807, 2.05) is 12.2 Å². The molecule has 0 radical (unpaired) electrons. The van der Waals surface area contributed by atoms with Gasteiger partial charge in [-0.2, -0.15) is 0 Å². The molecule has 0 rings (SSSR count). The highest BCUT2D eigenvalue weighted by molar-refractivity contribution is 7.80. The molecule has 322 valence electrons. The third-order valence-corrected chi connectivity index (χ3v) is 10.5. The topological polar surface area (TPSA) is 65.1 Å². The normalized spacial score (nSPS) is 12.4. The van der Waals surface area contributed by atoms with Crippen LogP contribution in [-0.2, 0) is 23.8 Å². The van der Waals surface area contributed by atoms with Crippen molar-refractivity contribution in [2.75, 3.05) is 40.5 Å². The van der Waals surface area contributed by atoms with Crippen molar-refractivity contribution >= 4 is 29.2 Å². The van der Waals surface area contributed by atoms with Gasteiger partial charge in [-0.05, 0) is 101 Å². The van der Waals surface area contributed by atoms with Gasteiger partial charge in [0.05, 0.1) is 6.61 Å². The van der Waals surface area contributed by atoms with Crippen molar-refractivity contribution < 1.29 is 23.8 Å². The monoisotopic (exact) mass is 792 g/mol. The summed E-state index contributed by atoms with van der Waals surface area (Å²) in [6.45, 7) is 16.3. The summed E-state index contributed by atoms with van der Waals surface area (Å²) < 4.78 is 17.1. The lowest BCUT2D eigenvalue weighted by atomic mass is 9.73. The molecule has 0 aromatic carbocycles. The molecule has 0 fully saturated rings. The molecule has 0 bridgehead atoms. The first kappa shape index (κ1) is 53.3. The van der Waals surface area contributed by atoms with E-state index in [2.05, 4.69) is 72.7 Å². The molecule has 0 saturated carbocycles. The van der Waals surface area contributed by atoms with Crippen molar-refractivity contribution in [1.29, 1.82) is 0 Å². The van der Waals surface area contributed by atoms with Gasteiger partial charge in [0, 0.05) is 25.8 Å². The highest BCUT2D eigenvalue weighted by Crippen LogP contribution is 2.37. The second-order valence-electron chi connectivity index (χ2n) is 18.1. The van der Waals surface area contributed by atoms with Crippen molar-refractivity contribution in [2.45, 2.75) is 208 Å². The van der Waals surface area contributed by atoms with Gasteiger partial charge in [-0.15, -0.1) is 0 Å². The molecule has 0 aromatic rings. The Balaban J connectivity index is 4.55. The van der Waals surface area contributed by atoms with E-state index in [-0.39, 0.29) is 22.8 Å². The number of esters is 2. The van der Waals surface area contributed by atoms with E-state index in [0.29, 0.717) is 38.6 Å². The maximum Gasteiger partial charge on any atom is 0.306 e. The molecule has 0 atom stereocenters. The largest absolute Gasteiger partial charge is 0.487 e. The molecule has 0 aromatic heterocycles. The Labute approximate surface area is 346 Å². The minimum absolute atomic E-state index is 0.0792. The van der Waals surface area contributed by atoms with Crippen molar-refractivity contribution in [2.24, 2.45) is 16.7 Å². The second-order valence-corrected chi connectivity index (χ2v) is 18.5. The number of carbonyl (C=O) groups excluding carboxylic acids is 2. The molecule has 0 N–H and O–H groups in total. The van der Waals surface area contributed by atoms with Crippen LogP contribution in [0.25, 0.3) is 0 Å². The number of unbranched alkanes of at least 4 members (excludes halogenated alkanes) is 16. The first-order valence-corrected chi connectivity index (χ1v) is 23.1. The lowest BCUT2D eigenvalue weighted by Gasteiger charge is -2.36. The SMILES string of the molecule is CCCCCC/C=C\COC(=O)CCCCCCCC(CCCCCCCC(=O)OC/C=C\CCCCCC)COC(=S)CC(C)(C)CC(C)(C)CN(C)C. The minimum Gasteiger partial charge on any atom is -0.487 e. The molecule has 6 nitrogen and oxygen atoms in total. The average molecular weight is 792 g/mol. The molecule has 0 amide bonds. The molecule has 0 aliphatic rings. The fraction of sp³-hybridized carbons (Fsp3) is 0.854. The third kappa shape index (κ3) is 37.6. The van der Waals surface area contributed by atoms with Gasteiger partial charge in [0.1, 0.15) is 13.2 Å². The molecule has 0 spiro atoms. The summed E-state index contributed by atoms with van der Waals surface area (Å²) in [5.41, 5.74) is 0.293. The van der Waals surface area contributed by atoms with Crippen molar-refractivity contribution in [3.05, 3.63) is 24.3 Å². The standard InChI is InChI=1S/C48H89NO5S/c1-9-11-13-15-17-25-31-37-52-44(50)35-29-23-19-21-27-33-43(40-54-46(55)39-47(3,4)41-48(5,6)42-49(7)8)34-28-22-20-24-30-36-45(51)53-38-32-26-18-16-14-12-10-2/h25-26,31-32,43H,9-24,27-30,33-42H2,1-8H3/b31-25-,32-26-. The number of nitrogens with zero attached hydrogens (tertiary/aromatic N) is 1. The van der Waals surface area contributed by atoms with Crippen LogP contribution in [0.2, 0.25) is 0 Å². The second kappa shape index (κ2) is 35.4. The predicted molar refractivity (Wildman–Crippen MR) is 240 cm³/mol. The first-order valence-electron chi connectivity index (χ1n) is 22.7. The van der Waals surface area contributed by atoms with Crippen molar-refractivity contribution in [1.82, 2.24) is 4.90 Å². The Kier molecular flexibility index (Phi) is 34.3. The summed E-state index contributed by atoms with van der Waals surface area (Å²) in [4.78, 5) is 26.5. The van der Waals surface area contributed by atoms with Crippen LogP contribution in [0.15, 0.2) is 24.3 Å². The van der Waals surface area contributed by atoms with Gasteiger partial charge < -0.3 is 19.1 Å². The quantitative estimate of drug-likeness (QED) is 0.0267. The third-order valence-electron chi connectivity index (χ3n) is 10.3. The summed E-state index contributed by atoms with van der Waals surface area (Å²) in [5, 5.41) is 0.749. The number of carbonyl (C=O) groups is 2. The number of rotatable bonds is 38. The zero-order valence-corrected chi connectivity index (χ0v) is 38.3. The van der Waals surface area contributed by atoms with E-state index in [1.54, 1.807) is 0 Å². The van der Waals surface area contributed by atoms with Crippen LogP contribution in [0.3, 0.4) is 0 Å². The van der Waals surface area contributed by atoms with Gasteiger partial charge in [-0.3, -0.25) is 9.59 Å². The number of allylic oxidation sites excluding steroid dienone is 2. The van der Waals surface area contributed by atoms with Crippen molar-refractivity contribution in [3.8, 4) is 0 Å². The first-order chi connectivity index (χ1) is 26.3. The molecule has 0 aliphatic heterocycles. The molecule has 7 heteroatoms. The van der Waals surface area contributed by atoms with E-state index in [0.717, 1.165) is 88.6 Å². The molecular formula is C48H89NO5S. The Morgan fingerprint density at radius 3 is 1.47 bits per heavy atom. The van der Waals surface area contributed by atoms with Crippen LogP contribution in [0, 0.1) is 16.7 Å². The number of thiocarbonyl (C=S) groups is 1. The smallest absolute Gasteiger partial charge is 0.306 e. The lowest BCUT2D eigenvalue weighted by molar-refractivity contribution is -0.143. The van der Waals surface area contributed by atoms with Gasteiger partial charge >= 0.3 is 11.9 Å². The average Bonchev–Trinajstić information content (AvgIpc) is 3.10. The molecule has 55 heavy (non-hydrogen) atoms. The Morgan fingerprint density at radius 1 is 0.582 bits per heavy atom. The van der Waals surface area contributed by atoms with Crippen LogP contribution in [0.5, 0.6) is 0 Å².